The van der Waals surface area contributed by atoms with Gasteiger partial charge in [0.1, 0.15) is 18.1 Å². The SMILES string of the molecule is CCCc1ccc(OCc2ccc(C(=O)Nc3cnn(Cc4ccccc4C)c3)o2)cc1. The number of nitrogens with zero attached hydrogens (tertiary/aromatic N) is 2. The minimum atomic E-state index is -0.324. The Morgan fingerprint density at radius 3 is 2.69 bits per heavy atom. The molecule has 1 amide bonds. The quantitative estimate of drug-likeness (QED) is 0.375. The van der Waals surface area contributed by atoms with E-state index in [0.717, 1.165) is 18.6 Å². The highest BCUT2D eigenvalue weighted by Gasteiger charge is 2.13. The molecule has 0 saturated carbocycles. The van der Waals surface area contributed by atoms with Gasteiger partial charge in [0.2, 0.25) is 0 Å². The number of carbonyl (C=O) groups excluding carboxylic acids is 1. The maximum absolute atomic E-state index is 12.5. The summed E-state index contributed by atoms with van der Waals surface area (Å²) < 4.78 is 13.2. The van der Waals surface area contributed by atoms with E-state index in [1.54, 1.807) is 29.2 Å². The van der Waals surface area contributed by atoms with Crippen LogP contribution in [0.1, 0.15) is 46.3 Å². The molecule has 4 rings (SSSR count). The number of hydrogen-bond acceptors (Lipinski definition) is 4. The maximum atomic E-state index is 12.5. The molecule has 4 aromatic rings. The lowest BCUT2D eigenvalue weighted by Crippen LogP contribution is -2.10. The summed E-state index contributed by atoms with van der Waals surface area (Å²) in [6.07, 6.45) is 5.61. The van der Waals surface area contributed by atoms with E-state index in [2.05, 4.69) is 48.5 Å². The van der Waals surface area contributed by atoms with E-state index in [9.17, 15) is 4.79 Å². The smallest absolute Gasteiger partial charge is 0.291 e. The molecule has 164 valence electrons. The van der Waals surface area contributed by atoms with Gasteiger partial charge in [-0.3, -0.25) is 9.48 Å². The Morgan fingerprint density at radius 1 is 1.09 bits per heavy atom. The van der Waals surface area contributed by atoms with Gasteiger partial charge in [-0.25, -0.2) is 0 Å². The molecule has 6 nitrogen and oxygen atoms in total. The van der Waals surface area contributed by atoms with Crippen molar-refractivity contribution in [1.82, 2.24) is 9.78 Å². The van der Waals surface area contributed by atoms with Crippen LogP contribution in [0.5, 0.6) is 5.75 Å². The molecule has 0 bridgehead atoms. The van der Waals surface area contributed by atoms with Gasteiger partial charge in [0.05, 0.1) is 18.4 Å². The van der Waals surface area contributed by atoms with Crippen molar-refractivity contribution in [3.63, 3.8) is 0 Å². The largest absolute Gasteiger partial charge is 0.486 e. The first kappa shape index (κ1) is 21.4. The van der Waals surface area contributed by atoms with Gasteiger partial charge in [-0.05, 0) is 54.3 Å². The molecule has 0 aliphatic carbocycles. The summed E-state index contributed by atoms with van der Waals surface area (Å²) in [5, 5.41) is 7.16. The van der Waals surface area contributed by atoms with Crippen molar-refractivity contribution in [2.24, 2.45) is 0 Å². The third kappa shape index (κ3) is 5.46. The number of rotatable bonds is 9. The van der Waals surface area contributed by atoms with Gasteiger partial charge in [0.25, 0.3) is 5.91 Å². The number of nitrogens with one attached hydrogen (secondary N) is 1. The molecule has 0 aliphatic rings. The van der Waals surface area contributed by atoms with E-state index in [-0.39, 0.29) is 18.3 Å². The Kier molecular flexibility index (Phi) is 6.70. The van der Waals surface area contributed by atoms with E-state index in [1.165, 1.54) is 16.7 Å². The lowest BCUT2D eigenvalue weighted by molar-refractivity contribution is 0.0992. The molecule has 0 fully saturated rings. The molecule has 0 spiro atoms. The average Bonchev–Trinajstić information content (AvgIpc) is 3.45. The number of hydrogen-bond donors (Lipinski definition) is 1. The van der Waals surface area contributed by atoms with Gasteiger partial charge < -0.3 is 14.5 Å². The maximum Gasteiger partial charge on any atom is 0.291 e. The highest BCUT2D eigenvalue weighted by atomic mass is 16.5. The highest BCUT2D eigenvalue weighted by molar-refractivity contribution is 6.02. The molecule has 2 heterocycles. The van der Waals surface area contributed by atoms with Crippen molar-refractivity contribution in [1.29, 1.82) is 0 Å². The van der Waals surface area contributed by atoms with E-state index in [4.69, 9.17) is 9.15 Å². The minimum Gasteiger partial charge on any atom is -0.486 e. The first-order valence-electron chi connectivity index (χ1n) is 10.8. The number of furan rings is 1. The van der Waals surface area contributed by atoms with Crippen LogP contribution in [0.3, 0.4) is 0 Å². The Labute approximate surface area is 187 Å². The molecule has 32 heavy (non-hydrogen) atoms. The van der Waals surface area contributed by atoms with Crippen molar-refractivity contribution in [2.75, 3.05) is 5.32 Å². The second-order valence-electron chi connectivity index (χ2n) is 7.76. The molecule has 2 aromatic heterocycles. The predicted molar refractivity (Wildman–Crippen MR) is 124 cm³/mol. The third-order valence-corrected chi connectivity index (χ3v) is 5.21. The Balaban J connectivity index is 1.31. The summed E-state index contributed by atoms with van der Waals surface area (Å²) in [7, 11) is 0. The Hall–Kier alpha value is -3.80. The third-order valence-electron chi connectivity index (χ3n) is 5.21. The summed E-state index contributed by atoms with van der Waals surface area (Å²) >= 11 is 0. The Bertz CT molecular complexity index is 1180. The normalized spacial score (nSPS) is 10.8. The number of aromatic nitrogens is 2. The van der Waals surface area contributed by atoms with E-state index < -0.39 is 0 Å². The van der Waals surface area contributed by atoms with Crippen LogP contribution in [0.15, 0.2) is 77.5 Å². The zero-order valence-corrected chi connectivity index (χ0v) is 18.4. The van der Waals surface area contributed by atoms with Gasteiger partial charge in [0.15, 0.2) is 5.76 Å². The molecule has 2 aromatic carbocycles. The zero-order valence-electron chi connectivity index (χ0n) is 18.4. The molecule has 0 saturated heterocycles. The van der Waals surface area contributed by atoms with Crippen molar-refractivity contribution < 1.29 is 13.9 Å². The topological polar surface area (TPSA) is 69.3 Å². The van der Waals surface area contributed by atoms with Crippen LogP contribution in [0.25, 0.3) is 0 Å². The molecular formula is C26H27N3O3. The number of benzene rings is 2. The summed E-state index contributed by atoms with van der Waals surface area (Å²) in [5.74, 6) is 1.26. The van der Waals surface area contributed by atoms with Crippen molar-refractivity contribution >= 4 is 11.6 Å². The van der Waals surface area contributed by atoms with Gasteiger partial charge in [-0.1, -0.05) is 49.7 Å². The van der Waals surface area contributed by atoms with Gasteiger partial charge in [0, 0.05) is 6.20 Å². The fourth-order valence-corrected chi connectivity index (χ4v) is 3.44. The lowest BCUT2D eigenvalue weighted by Gasteiger charge is -2.05. The molecule has 0 atom stereocenters. The summed E-state index contributed by atoms with van der Waals surface area (Å²) in [6, 6.07) is 19.6. The number of carbonyl (C=O) groups is 1. The van der Waals surface area contributed by atoms with Crippen LogP contribution in [-0.4, -0.2) is 15.7 Å². The van der Waals surface area contributed by atoms with Gasteiger partial charge in [-0.2, -0.15) is 5.10 Å². The fraction of sp³-hybridized carbons (Fsp3) is 0.231. The fourth-order valence-electron chi connectivity index (χ4n) is 3.44. The summed E-state index contributed by atoms with van der Waals surface area (Å²) in [5.41, 5.74) is 4.30. The van der Waals surface area contributed by atoms with E-state index in [0.29, 0.717) is 18.0 Å². The minimum absolute atomic E-state index is 0.230. The van der Waals surface area contributed by atoms with Crippen LogP contribution in [0.2, 0.25) is 0 Å². The van der Waals surface area contributed by atoms with Crippen molar-refractivity contribution in [3.8, 4) is 5.75 Å². The summed E-state index contributed by atoms with van der Waals surface area (Å²) in [6.45, 7) is 5.13. The second-order valence-corrected chi connectivity index (χ2v) is 7.76. The number of amides is 1. The second kappa shape index (κ2) is 10.0. The van der Waals surface area contributed by atoms with Gasteiger partial charge in [-0.15, -0.1) is 0 Å². The Morgan fingerprint density at radius 2 is 1.91 bits per heavy atom. The first-order chi connectivity index (χ1) is 15.6. The van der Waals surface area contributed by atoms with E-state index in [1.807, 2.05) is 24.3 Å². The number of ether oxygens (including phenoxy) is 1. The van der Waals surface area contributed by atoms with Crippen LogP contribution in [0.4, 0.5) is 5.69 Å². The lowest BCUT2D eigenvalue weighted by atomic mass is 10.1. The van der Waals surface area contributed by atoms with Crippen molar-refractivity contribution in [3.05, 3.63) is 101 Å². The monoisotopic (exact) mass is 429 g/mol. The number of aryl methyl sites for hydroxylation is 2. The first-order valence-corrected chi connectivity index (χ1v) is 10.8. The summed E-state index contributed by atoms with van der Waals surface area (Å²) in [4.78, 5) is 12.5. The average molecular weight is 430 g/mol. The van der Waals surface area contributed by atoms with Crippen LogP contribution in [0, 0.1) is 6.92 Å². The predicted octanol–water partition coefficient (Wildman–Crippen LogP) is 5.62. The molecule has 0 unspecified atom stereocenters. The zero-order chi connectivity index (χ0) is 22.3. The van der Waals surface area contributed by atoms with E-state index >= 15 is 0 Å². The molecule has 1 N–H and O–H groups in total. The molecule has 0 radical (unpaired) electrons. The van der Waals surface area contributed by atoms with Crippen LogP contribution < -0.4 is 10.1 Å². The highest BCUT2D eigenvalue weighted by Crippen LogP contribution is 2.18. The van der Waals surface area contributed by atoms with Crippen LogP contribution in [-0.2, 0) is 19.6 Å². The van der Waals surface area contributed by atoms with Crippen LogP contribution >= 0.6 is 0 Å². The van der Waals surface area contributed by atoms with Crippen molar-refractivity contribution in [2.45, 2.75) is 39.8 Å². The molecular weight excluding hydrogens is 402 g/mol. The number of anilines is 1. The molecule has 6 heteroatoms. The molecule has 0 aliphatic heterocycles. The van der Waals surface area contributed by atoms with Gasteiger partial charge >= 0.3 is 0 Å². The standard InChI is InChI=1S/C26H27N3O3/c1-3-6-20-9-11-23(12-10-20)31-18-24-13-14-25(32-24)26(30)28-22-15-27-29(17-22)16-21-8-5-4-7-19(21)2/h4-5,7-15,17H,3,6,16,18H2,1-2H3,(H,28,30).